The second-order valence-corrected chi connectivity index (χ2v) is 10.3. The third kappa shape index (κ3) is 6.51. The number of aliphatic imine (C=N–C) groups is 1. The molecule has 0 aromatic heterocycles. The lowest BCUT2D eigenvalue weighted by Crippen LogP contribution is -2.32. The highest BCUT2D eigenvalue weighted by atomic mass is 32.2. The summed E-state index contributed by atoms with van der Waals surface area (Å²) in [5.74, 6) is 1.03. The van der Waals surface area contributed by atoms with Crippen LogP contribution in [0.4, 0.5) is 5.69 Å². The normalized spacial score (nSPS) is 15.6. The van der Waals surface area contributed by atoms with E-state index in [4.69, 9.17) is 14.5 Å². The minimum Gasteiger partial charge on any atom is -0.490 e. The Morgan fingerprint density at radius 3 is 2.37 bits per heavy atom. The molecule has 4 aromatic rings. The smallest absolute Gasteiger partial charge is 0.267 e. The highest BCUT2D eigenvalue weighted by Gasteiger charge is 2.37. The molecule has 0 bridgehead atoms. The van der Waals surface area contributed by atoms with E-state index in [0.29, 0.717) is 33.7 Å². The summed E-state index contributed by atoms with van der Waals surface area (Å²) in [4.78, 5) is 21.0. The van der Waals surface area contributed by atoms with Gasteiger partial charge in [-0.2, -0.15) is 5.26 Å². The van der Waals surface area contributed by atoms with Crippen molar-refractivity contribution >= 4 is 34.6 Å². The van der Waals surface area contributed by atoms with Crippen LogP contribution in [0.1, 0.15) is 42.1 Å². The molecule has 1 atom stereocenters. The average molecular weight is 560 g/mol. The van der Waals surface area contributed by atoms with Gasteiger partial charge in [0.1, 0.15) is 6.61 Å². The van der Waals surface area contributed by atoms with Gasteiger partial charge in [0, 0.05) is 5.56 Å². The van der Waals surface area contributed by atoms with Crippen LogP contribution in [-0.2, 0) is 11.4 Å². The number of para-hydroxylation sites is 1. The summed E-state index contributed by atoms with van der Waals surface area (Å²) in [5.41, 5.74) is 4.00. The minimum atomic E-state index is -0.199. The third-order valence-electron chi connectivity index (χ3n) is 6.57. The number of rotatable bonds is 9. The second-order valence-electron chi connectivity index (χ2n) is 9.30. The second kappa shape index (κ2) is 13.0. The van der Waals surface area contributed by atoms with Crippen LogP contribution in [-0.4, -0.2) is 22.6 Å². The summed E-state index contributed by atoms with van der Waals surface area (Å²) in [5, 5.41) is 10.0. The Morgan fingerprint density at radius 1 is 0.927 bits per heavy atom. The van der Waals surface area contributed by atoms with Crippen molar-refractivity contribution < 1.29 is 14.3 Å². The number of ether oxygens (including phenoxy) is 2. The van der Waals surface area contributed by atoms with Gasteiger partial charge in [-0.1, -0.05) is 72.8 Å². The van der Waals surface area contributed by atoms with Crippen molar-refractivity contribution in [1.29, 1.82) is 5.26 Å². The van der Waals surface area contributed by atoms with Crippen LogP contribution < -0.4 is 9.47 Å². The summed E-state index contributed by atoms with van der Waals surface area (Å²) in [6.45, 7) is 4.62. The first-order valence-corrected chi connectivity index (χ1v) is 14.2. The molecule has 1 heterocycles. The van der Waals surface area contributed by atoms with Gasteiger partial charge in [0.25, 0.3) is 5.91 Å². The van der Waals surface area contributed by atoms with Gasteiger partial charge >= 0.3 is 0 Å². The maximum absolute atomic E-state index is 13.8. The molecule has 0 radical (unpaired) electrons. The molecule has 0 N–H and O–H groups in total. The summed E-state index contributed by atoms with van der Waals surface area (Å²) in [7, 11) is 0. The van der Waals surface area contributed by atoms with Crippen LogP contribution >= 0.6 is 11.8 Å². The Kier molecular flexibility index (Phi) is 8.82. The molecule has 5 rings (SSSR count). The number of carbonyl (C=O) groups excluding carboxylic acids is 1. The summed E-state index contributed by atoms with van der Waals surface area (Å²) in [6, 6.07) is 34.6. The maximum Gasteiger partial charge on any atom is 0.267 e. The lowest BCUT2D eigenvalue weighted by molar-refractivity contribution is -0.123. The molecule has 0 aliphatic carbocycles. The van der Waals surface area contributed by atoms with E-state index in [1.165, 1.54) is 11.8 Å². The SMILES string of the molecule is CCOc1cc(/C=C2/SC(=Nc3ccccc3)N([C@@H](C)c3ccccc3)C2=O)ccc1OCc1ccccc1C#N. The number of nitriles is 1. The van der Waals surface area contributed by atoms with E-state index >= 15 is 0 Å². The molecule has 4 aromatic carbocycles. The Balaban J connectivity index is 1.44. The van der Waals surface area contributed by atoms with Gasteiger partial charge in [-0.3, -0.25) is 9.69 Å². The molecule has 0 spiro atoms. The highest BCUT2D eigenvalue weighted by molar-refractivity contribution is 8.18. The van der Waals surface area contributed by atoms with Crippen LogP contribution in [0.5, 0.6) is 11.5 Å². The lowest BCUT2D eigenvalue weighted by Gasteiger charge is -2.24. The first kappa shape index (κ1) is 27.8. The first-order chi connectivity index (χ1) is 20.1. The third-order valence-corrected chi connectivity index (χ3v) is 7.56. The van der Waals surface area contributed by atoms with Crippen molar-refractivity contribution in [2.45, 2.75) is 26.5 Å². The predicted octanol–water partition coefficient (Wildman–Crippen LogP) is 7.90. The fraction of sp³-hybridized carbons (Fsp3) is 0.147. The van der Waals surface area contributed by atoms with E-state index in [-0.39, 0.29) is 18.6 Å². The number of hydrogen-bond acceptors (Lipinski definition) is 6. The van der Waals surface area contributed by atoms with E-state index < -0.39 is 0 Å². The molecular weight excluding hydrogens is 530 g/mol. The molecule has 0 saturated carbocycles. The van der Waals surface area contributed by atoms with Crippen LogP contribution in [0.2, 0.25) is 0 Å². The van der Waals surface area contributed by atoms with Gasteiger partial charge in [-0.15, -0.1) is 0 Å². The molecule has 1 aliphatic heterocycles. The topological polar surface area (TPSA) is 74.9 Å². The molecule has 1 aliphatic rings. The molecule has 41 heavy (non-hydrogen) atoms. The van der Waals surface area contributed by atoms with Crippen molar-refractivity contribution in [2.24, 2.45) is 4.99 Å². The van der Waals surface area contributed by atoms with Crippen LogP contribution in [0.15, 0.2) is 113 Å². The number of benzene rings is 4. The van der Waals surface area contributed by atoms with Crippen LogP contribution in [0, 0.1) is 11.3 Å². The van der Waals surface area contributed by atoms with Crippen molar-refractivity contribution in [3.8, 4) is 17.6 Å². The van der Waals surface area contributed by atoms with Gasteiger partial charge in [0.2, 0.25) is 0 Å². The molecule has 204 valence electrons. The number of amidine groups is 1. The van der Waals surface area contributed by atoms with Crippen LogP contribution in [0.25, 0.3) is 6.08 Å². The summed E-state index contributed by atoms with van der Waals surface area (Å²) in [6.07, 6.45) is 1.86. The Morgan fingerprint density at radius 2 is 1.63 bits per heavy atom. The number of nitrogens with zero attached hydrogens (tertiary/aromatic N) is 3. The fourth-order valence-corrected chi connectivity index (χ4v) is 5.53. The van der Waals surface area contributed by atoms with E-state index in [1.807, 2.05) is 117 Å². The quantitative estimate of drug-likeness (QED) is 0.195. The van der Waals surface area contributed by atoms with Gasteiger partial charge in [0.05, 0.1) is 34.9 Å². The molecule has 6 nitrogen and oxygen atoms in total. The Labute approximate surface area is 244 Å². The van der Waals surface area contributed by atoms with E-state index in [0.717, 1.165) is 22.4 Å². The minimum absolute atomic E-state index is 0.104. The largest absolute Gasteiger partial charge is 0.490 e. The zero-order valence-corrected chi connectivity index (χ0v) is 23.7. The number of carbonyl (C=O) groups is 1. The molecule has 1 amide bonds. The maximum atomic E-state index is 13.8. The van der Waals surface area contributed by atoms with Crippen molar-refractivity contribution in [1.82, 2.24) is 4.90 Å². The van der Waals surface area contributed by atoms with E-state index in [1.54, 1.807) is 11.0 Å². The van der Waals surface area contributed by atoms with Gasteiger partial charge in [0.15, 0.2) is 16.7 Å². The average Bonchev–Trinajstić information content (AvgIpc) is 3.31. The lowest BCUT2D eigenvalue weighted by atomic mass is 10.1. The van der Waals surface area contributed by atoms with E-state index in [2.05, 4.69) is 6.07 Å². The predicted molar refractivity (Wildman–Crippen MR) is 164 cm³/mol. The van der Waals surface area contributed by atoms with Crippen molar-refractivity contribution in [3.05, 3.63) is 130 Å². The molecule has 7 heteroatoms. The number of hydrogen-bond donors (Lipinski definition) is 0. The Hall–Kier alpha value is -4.80. The van der Waals surface area contributed by atoms with Gasteiger partial charge in [-0.05, 0) is 73.1 Å². The van der Waals surface area contributed by atoms with Gasteiger partial charge in [-0.25, -0.2) is 4.99 Å². The summed E-state index contributed by atoms with van der Waals surface area (Å²) < 4.78 is 11.9. The Bertz CT molecular complexity index is 1630. The monoisotopic (exact) mass is 559 g/mol. The van der Waals surface area contributed by atoms with Crippen molar-refractivity contribution in [2.75, 3.05) is 6.61 Å². The van der Waals surface area contributed by atoms with Crippen molar-refractivity contribution in [3.63, 3.8) is 0 Å². The zero-order valence-electron chi connectivity index (χ0n) is 22.9. The molecule has 1 fully saturated rings. The zero-order chi connectivity index (χ0) is 28.6. The molecule has 1 saturated heterocycles. The standard InChI is InChI=1S/C34H29N3O3S/c1-3-39-31-20-25(18-19-30(31)40-23-28-15-11-10-14-27(28)22-35)21-32-33(38)37(24(2)26-12-6-4-7-13-26)34(41-32)36-29-16-8-5-9-17-29/h4-21,24H,3,23H2,1-2H3/b32-21+,36-34?/t24-/m0/s1. The molecular formula is C34H29N3O3S. The summed E-state index contributed by atoms with van der Waals surface area (Å²) >= 11 is 1.36. The highest BCUT2D eigenvalue weighted by Crippen LogP contribution is 2.40. The molecule has 0 unspecified atom stereocenters. The fourth-order valence-electron chi connectivity index (χ4n) is 4.46. The van der Waals surface area contributed by atoms with Gasteiger partial charge < -0.3 is 9.47 Å². The van der Waals surface area contributed by atoms with Crippen LogP contribution in [0.3, 0.4) is 0 Å². The first-order valence-electron chi connectivity index (χ1n) is 13.4. The number of amides is 1. The van der Waals surface area contributed by atoms with E-state index in [9.17, 15) is 10.1 Å². The number of thioether (sulfide) groups is 1.